The molecule has 0 bridgehead atoms. The largest absolute Gasteiger partial charge is 0.207 e. The van der Waals surface area contributed by atoms with Gasteiger partial charge in [-0.2, -0.15) is 0 Å². The predicted molar refractivity (Wildman–Crippen MR) is 232 cm³/mol. The third kappa shape index (κ3) is 9.53. The van der Waals surface area contributed by atoms with Crippen molar-refractivity contribution in [3.8, 4) is 44.5 Å². The lowest BCUT2D eigenvalue weighted by molar-refractivity contribution is 0.579. The summed E-state index contributed by atoms with van der Waals surface area (Å²) in [7, 11) is 0. The minimum Gasteiger partial charge on any atom is -0.207 e. The van der Waals surface area contributed by atoms with Crippen LogP contribution in [0.3, 0.4) is 0 Å². The van der Waals surface area contributed by atoms with Gasteiger partial charge in [0.2, 0.25) is 0 Å². The van der Waals surface area contributed by atoms with E-state index in [0.29, 0.717) is 11.1 Å². The first kappa shape index (κ1) is 39.9. The van der Waals surface area contributed by atoms with Gasteiger partial charge < -0.3 is 0 Å². The van der Waals surface area contributed by atoms with Crippen LogP contribution >= 0.6 is 0 Å². The second-order valence-electron chi connectivity index (χ2n) is 16.2. The maximum atomic E-state index is 13.9. The molecule has 0 aliphatic rings. The summed E-state index contributed by atoms with van der Waals surface area (Å²) in [6.07, 6.45) is 11.2. The molecule has 0 aliphatic heterocycles. The Morgan fingerprint density at radius 3 is 0.964 bits per heavy atom. The molecule has 0 spiro atoms. The normalized spacial score (nSPS) is 11.4. The highest BCUT2D eigenvalue weighted by molar-refractivity contribution is 5.79. The van der Waals surface area contributed by atoms with Gasteiger partial charge in [-0.1, -0.05) is 105 Å². The van der Waals surface area contributed by atoms with Crippen LogP contribution in [0.25, 0.3) is 44.5 Å². The average molecular weight is 733 g/mol. The summed E-state index contributed by atoms with van der Waals surface area (Å²) < 4.78 is 27.8. The first-order chi connectivity index (χ1) is 26.4. The molecule has 0 saturated heterocycles. The molecule has 55 heavy (non-hydrogen) atoms. The van der Waals surface area contributed by atoms with Gasteiger partial charge in [0, 0.05) is 0 Å². The van der Waals surface area contributed by atoms with Crippen LogP contribution in [0.1, 0.15) is 101 Å². The Labute approximate surface area is 329 Å². The molecule has 0 N–H and O–H groups in total. The van der Waals surface area contributed by atoms with Crippen LogP contribution in [0.4, 0.5) is 8.78 Å². The highest BCUT2D eigenvalue weighted by atomic mass is 19.1. The van der Waals surface area contributed by atoms with Crippen molar-refractivity contribution in [2.24, 2.45) is 0 Å². The van der Waals surface area contributed by atoms with Crippen molar-refractivity contribution in [3.63, 3.8) is 0 Å². The van der Waals surface area contributed by atoms with Gasteiger partial charge in [-0.3, -0.25) is 0 Å². The van der Waals surface area contributed by atoms with Crippen LogP contribution in [0.5, 0.6) is 0 Å². The molecule has 0 atom stereocenters. The van der Waals surface area contributed by atoms with E-state index >= 15 is 0 Å². The molecular weight excluding hydrogens is 675 g/mol. The first-order valence-corrected chi connectivity index (χ1v) is 20.3. The van der Waals surface area contributed by atoms with Gasteiger partial charge in [0.1, 0.15) is 11.6 Å². The van der Waals surface area contributed by atoms with Gasteiger partial charge in [-0.15, -0.1) is 0 Å². The molecule has 284 valence electrons. The van der Waals surface area contributed by atoms with Crippen molar-refractivity contribution < 1.29 is 8.78 Å². The van der Waals surface area contributed by atoms with E-state index in [2.05, 4.69) is 102 Å². The van der Waals surface area contributed by atoms with Crippen LogP contribution in [-0.4, -0.2) is 0 Å². The fourth-order valence-corrected chi connectivity index (χ4v) is 8.70. The van der Waals surface area contributed by atoms with Crippen molar-refractivity contribution in [2.45, 2.75) is 113 Å². The summed E-state index contributed by atoms with van der Waals surface area (Å²) in [6, 6.07) is 33.9. The van der Waals surface area contributed by atoms with Crippen molar-refractivity contribution >= 4 is 0 Å². The van der Waals surface area contributed by atoms with E-state index in [1.54, 1.807) is 12.1 Å². The van der Waals surface area contributed by atoms with Crippen molar-refractivity contribution in [2.75, 3.05) is 0 Å². The van der Waals surface area contributed by atoms with Crippen molar-refractivity contribution in [1.82, 2.24) is 0 Å². The SMILES string of the molecule is Cc1cc(-c2c(C)cc(-c3ccc(CCCCCCCCCc4ccc(-c5cc(C)c(-c6ccc(F)c(C)c6)c(C)c5)c(C)c4)cc3C)cc2C)ccc1F. The maximum Gasteiger partial charge on any atom is 0.126 e. The van der Waals surface area contributed by atoms with Gasteiger partial charge in [0.05, 0.1) is 0 Å². The number of halogens is 2. The number of hydrogen-bond acceptors (Lipinski definition) is 0. The molecule has 6 aromatic carbocycles. The molecule has 6 rings (SSSR count). The minimum atomic E-state index is -0.155. The molecule has 0 unspecified atom stereocenters. The molecule has 0 nitrogen and oxygen atoms in total. The van der Waals surface area contributed by atoms with Crippen LogP contribution in [0, 0.1) is 67.0 Å². The van der Waals surface area contributed by atoms with E-state index in [9.17, 15) is 8.78 Å². The van der Waals surface area contributed by atoms with Crippen molar-refractivity contribution in [3.05, 3.63) is 164 Å². The standard InChI is InChI=1S/C53H58F2/c1-34-26-42(18-22-48(34)46-30-38(5)52(39(6)31-46)44-20-24-50(54)36(3)28-44)16-14-12-10-9-11-13-15-17-43-19-23-49(35(2)27-43)47-32-40(7)53(41(8)33-47)45-21-25-51(55)37(4)29-45/h18-33H,9-17H2,1-8H3. The molecule has 0 radical (unpaired) electrons. The lowest BCUT2D eigenvalue weighted by Crippen LogP contribution is -1.94. The highest BCUT2D eigenvalue weighted by Crippen LogP contribution is 2.36. The van der Waals surface area contributed by atoms with Crippen LogP contribution in [0.15, 0.2) is 97.1 Å². The summed E-state index contributed by atoms with van der Waals surface area (Å²) >= 11 is 0. The van der Waals surface area contributed by atoms with Crippen molar-refractivity contribution in [1.29, 1.82) is 0 Å². The Kier molecular flexibility index (Phi) is 12.9. The number of rotatable bonds is 14. The second-order valence-corrected chi connectivity index (χ2v) is 16.2. The lowest BCUT2D eigenvalue weighted by Gasteiger charge is -2.16. The summed E-state index contributed by atoms with van der Waals surface area (Å²) in [5, 5.41) is 0. The Balaban J connectivity index is 0.924. The predicted octanol–water partition coefficient (Wildman–Crippen LogP) is 15.6. The zero-order chi connectivity index (χ0) is 39.2. The fraction of sp³-hybridized carbons (Fsp3) is 0.321. The van der Waals surface area contributed by atoms with Gasteiger partial charge in [-0.05, 0) is 205 Å². The Morgan fingerprint density at radius 1 is 0.309 bits per heavy atom. The zero-order valence-electron chi connectivity index (χ0n) is 34.4. The average Bonchev–Trinajstić information content (AvgIpc) is 3.13. The first-order valence-electron chi connectivity index (χ1n) is 20.3. The van der Waals surface area contributed by atoms with Crippen LogP contribution in [0.2, 0.25) is 0 Å². The Morgan fingerprint density at radius 2 is 0.636 bits per heavy atom. The third-order valence-electron chi connectivity index (χ3n) is 11.6. The number of benzene rings is 6. The maximum absolute atomic E-state index is 13.9. The lowest BCUT2D eigenvalue weighted by atomic mass is 9.89. The van der Waals surface area contributed by atoms with E-state index in [-0.39, 0.29) is 11.6 Å². The summed E-state index contributed by atoms with van der Waals surface area (Å²) in [5.74, 6) is -0.310. The van der Waals surface area contributed by atoms with E-state index in [4.69, 9.17) is 0 Å². The summed E-state index contributed by atoms with van der Waals surface area (Å²) in [5.41, 5.74) is 21.4. The van der Waals surface area contributed by atoms with E-state index in [1.165, 1.54) is 123 Å². The molecule has 0 aromatic heterocycles. The molecular formula is C53H58F2. The topological polar surface area (TPSA) is 0 Å². The van der Waals surface area contributed by atoms with E-state index < -0.39 is 0 Å². The molecule has 6 aromatic rings. The Hall–Kier alpha value is -4.82. The Bertz CT molecular complexity index is 2100. The smallest absolute Gasteiger partial charge is 0.126 e. The number of aryl methyl sites for hydroxylation is 10. The molecule has 0 fully saturated rings. The number of unbranched alkanes of at least 4 members (excludes halogenated alkanes) is 6. The number of hydrogen-bond donors (Lipinski definition) is 0. The van der Waals surface area contributed by atoms with Crippen LogP contribution in [-0.2, 0) is 12.8 Å². The van der Waals surface area contributed by atoms with E-state index in [0.717, 1.165) is 24.0 Å². The van der Waals surface area contributed by atoms with Gasteiger partial charge in [0.25, 0.3) is 0 Å². The molecule has 0 saturated carbocycles. The molecule has 0 amide bonds. The second kappa shape index (κ2) is 17.8. The highest BCUT2D eigenvalue weighted by Gasteiger charge is 2.14. The minimum absolute atomic E-state index is 0.155. The van der Waals surface area contributed by atoms with Gasteiger partial charge in [0.15, 0.2) is 0 Å². The molecule has 0 heterocycles. The molecule has 2 heteroatoms. The van der Waals surface area contributed by atoms with E-state index in [1.807, 2.05) is 38.1 Å². The summed E-state index contributed by atoms with van der Waals surface area (Å²) in [6.45, 7) is 16.8. The van der Waals surface area contributed by atoms with Gasteiger partial charge in [-0.25, -0.2) is 8.78 Å². The van der Waals surface area contributed by atoms with Crippen LogP contribution < -0.4 is 0 Å². The fourth-order valence-electron chi connectivity index (χ4n) is 8.70. The zero-order valence-corrected chi connectivity index (χ0v) is 34.4. The quantitative estimate of drug-likeness (QED) is 0.0978. The third-order valence-corrected chi connectivity index (χ3v) is 11.6. The summed E-state index contributed by atoms with van der Waals surface area (Å²) in [4.78, 5) is 0. The monoisotopic (exact) mass is 732 g/mol. The van der Waals surface area contributed by atoms with Gasteiger partial charge >= 0.3 is 0 Å². The molecule has 0 aliphatic carbocycles.